The summed E-state index contributed by atoms with van der Waals surface area (Å²) in [5.41, 5.74) is 4.95. The quantitative estimate of drug-likeness (QED) is 0.236. The van der Waals surface area contributed by atoms with E-state index in [1.54, 1.807) is 0 Å². The fourth-order valence-corrected chi connectivity index (χ4v) is 1.63. The smallest absolute Gasteiger partial charge is 0.173 e. The number of hydrogen-bond donors (Lipinski definition) is 4. The van der Waals surface area contributed by atoms with Crippen LogP contribution >= 0.6 is 0 Å². The Morgan fingerprint density at radius 2 is 2.25 bits per heavy atom. The van der Waals surface area contributed by atoms with Crippen molar-refractivity contribution in [1.82, 2.24) is 10.7 Å². The summed E-state index contributed by atoms with van der Waals surface area (Å²) in [6, 6.07) is 6.00. The molecule has 0 atom stereocenters. The topological polar surface area (TPSA) is 97.7 Å². The van der Waals surface area contributed by atoms with Gasteiger partial charge in [-0.2, -0.15) is 5.10 Å². The van der Waals surface area contributed by atoms with Crippen molar-refractivity contribution >= 4 is 5.84 Å². The van der Waals surface area contributed by atoms with Crippen LogP contribution in [-0.2, 0) is 13.1 Å². The maximum atomic E-state index is 5.49. The van der Waals surface area contributed by atoms with Crippen molar-refractivity contribution in [1.29, 1.82) is 0 Å². The van der Waals surface area contributed by atoms with E-state index in [2.05, 4.69) is 21.9 Å². The van der Waals surface area contributed by atoms with Gasteiger partial charge in [0.05, 0.1) is 0 Å². The van der Waals surface area contributed by atoms with E-state index in [9.17, 15) is 0 Å². The normalized spacial score (nSPS) is 14.7. The van der Waals surface area contributed by atoms with Gasteiger partial charge in [0, 0.05) is 13.1 Å². The summed E-state index contributed by atoms with van der Waals surface area (Å²) in [5.74, 6) is 11.5. The Balaban J connectivity index is 2.00. The number of hydrogen-bond acceptors (Lipinski definition) is 5. The van der Waals surface area contributed by atoms with Crippen molar-refractivity contribution in [3.63, 3.8) is 0 Å². The lowest BCUT2D eigenvalue weighted by Gasteiger charge is -2.08. The summed E-state index contributed by atoms with van der Waals surface area (Å²) in [4.78, 5) is 0. The average molecular weight is 221 g/mol. The Kier molecular flexibility index (Phi) is 3.23. The third kappa shape index (κ3) is 2.23. The second kappa shape index (κ2) is 4.82. The third-order valence-corrected chi connectivity index (χ3v) is 2.51. The molecule has 0 aliphatic carbocycles. The Labute approximate surface area is 93.6 Å². The molecular weight excluding hydrogens is 206 g/mol. The lowest BCUT2D eigenvalue weighted by atomic mass is 10.1. The molecule has 6 heteroatoms. The summed E-state index contributed by atoms with van der Waals surface area (Å²) in [5, 5.41) is 6.71. The van der Waals surface area contributed by atoms with Crippen molar-refractivity contribution in [2.75, 3.05) is 6.61 Å². The molecule has 0 saturated heterocycles. The Hall–Kier alpha value is -1.79. The van der Waals surface area contributed by atoms with Gasteiger partial charge in [0.15, 0.2) is 5.84 Å². The molecule has 0 bridgehead atoms. The second-order valence-corrected chi connectivity index (χ2v) is 3.54. The van der Waals surface area contributed by atoms with Crippen LogP contribution in [0.4, 0.5) is 0 Å². The summed E-state index contributed by atoms with van der Waals surface area (Å²) in [7, 11) is 0. The molecule has 2 rings (SSSR count). The molecule has 16 heavy (non-hydrogen) atoms. The van der Waals surface area contributed by atoms with Gasteiger partial charge in [-0.25, -0.2) is 5.84 Å². The molecule has 0 radical (unpaired) electrons. The molecule has 0 saturated carbocycles. The van der Waals surface area contributed by atoms with E-state index in [4.69, 9.17) is 16.4 Å². The van der Waals surface area contributed by atoms with Crippen LogP contribution in [0.5, 0.6) is 5.75 Å². The molecule has 0 aromatic heterocycles. The van der Waals surface area contributed by atoms with Crippen LogP contribution in [0, 0.1) is 0 Å². The van der Waals surface area contributed by atoms with Gasteiger partial charge in [0.25, 0.3) is 0 Å². The van der Waals surface area contributed by atoms with Crippen molar-refractivity contribution in [2.45, 2.75) is 13.1 Å². The Bertz CT molecular complexity index is 404. The zero-order chi connectivity index (χ0) is 11.4. The number of hydrazone groups is 1. The van der Waals surface area contributed by atoms with Crippen molar-refractivity contribution in [3.8, 4) is 5.75 Å². The van der Waals surface area contributed by atoms with E-state index in [0.717, 1.165) is 18.8 Å². The second-order valence-electron chi connectivity index (χ2n) is 3.54. The third-order valence-electron chi connectivity index (χ3n) is 2.51. The summed E-state index contributed by atoms with van der Waals surface area (Å²) in [6.45, 7) is 2.05. The standard InChI is InChI=1S/C10H15N5O/c11-14-10(15-12)6-16-9-2-1-7-4-13-5-8(7)3-9/h1-3,13H,4-6,11-12H2,(H,14,15). The molecule has 1 aromatic rings. The summed E-state index contributed by atoms with van der Waals surface area (Å²) >= 11 is 0. The van der Waals surface area contributed by atoms with E-state index >= 15 is 0 Å². The number of nitrogens with two attached hydrogens (primary N) is 2. The first kappa shape index (κ1) is 10.7. The van der Waals surface area contributed by atoms with Gasteiger partial charge < -0.3 is 21.3 Å². The number of ether oxygens (including phenoxy) is 1. The molecule has 0 fully saturated rings. The predicted octanol–water partition coefficient (Wildman–Crippen LogP) is -0.596. The van der Waals surface area contributed by atoms with Crippen LogP contribution in [-0.4, -0.2) is 12.4 Å². The van der Waals surface area contributed by atoms with Crippen molar-refractivity contribution in [2.24, 2.45) is 16.8 Å². The molecule has 1 heterocycles. The van der Waals surface area contributed by atoms with Crippen LogP contribution < -0.4 is 27.2 Å². The van der Waals surface area contributed by atoms with Gasteiger partial charge in [0.2, 0.25) is 0 Å². The predicted molar refractivity (Wildman–Crippen MR) is 61.4 cm³/mol. The van der Waals surface area contributed by atoms with Gasteiger partial charge in [-0.05, 0) is 23.3 Å². The molecule has 6 nitrogen and oxygen atoms in total. The maximum absolute atomic E-state index is 5.49. The first-order chi connectivity index (χ1) is 7.83. The fourth-order valence-electron chi connectivity index (χ4n) is 1.63. The van der Waals surface area contributed by atoms with Crippen molar-refractivity contribution < 1.29 is 4.74 Å². The highest BCUT2D eigenvalue weighted by molar-refractivity contribution is 5.82. The molecule has 6 N–H and O–H groups in total. The minimum absolute atomic E-state index is 0.235. The summed E-state index contributed by atoms with van der Waals surface area (Å²) < 4.78 is 5.49. The van der Waals surface area contributed by atoms with Gasteiger partial charge >= 0.3 is 0 Å². The maximum Gasteiger partial charge on any atom is 0.173 e. The van der Waals surface area contributed by atoms with Crippen LogP contribution in [0.25, 0.3) is 0 Å². The Morgan fingerprint density at radius 1 is 1.44 bits per heavy atom. The number of benzene rings is 1. The zero-order valence-corrected chi connectivity index (χ0v) is 8.86. The summed E-state index contributed by atoms with van der Waals surface area (Å²) in [6.07, 6.45) is 0. The van der Waals surface area contributed by atoms with Gasteiger partial charge in [-0.1, -0.05) is 6.07 Å². The fraction of sp³-hybridized carbons (Fsp3) is 0.300. The van der Waals surface area contributed by atoms with E-state index in [0.29, 0.717) is 5.84 Å². The number of nitrogens with zero attached hydrogens (tertiary/aromatic N) is 1. The highest BCUT2D eigenvalue weighted by Gasteiger charge is 2.10. The highest BCUT2D eigenvalue weighted by atomic mass is 16.5. The van der Waals surface area contributed by atoms with Gasteiger partial charge in [-0.3, -0.25) is 0 Å². The van der Waals surface area contributed by atoms with E-state index in [1.165, 1.54) is 11.1 Å². The molecule has 1 aromatic carbocycles. The van der Waals surface area contributed by atoms with E-state index < -0.39 is 0 Å². The van der Waals surface area contributed by atoms with Crippen LogP contribution in [0.1, 0.15) is 11.1 Å². The zero-order valence-electron chi connectivity index (χ0n) is 8.86. The minimum atomic E-state index is 0.235. The first-order valence-corrected chi connectivity index (χ1v) is 5.02. The molecule has 1 aliphatic heterocycles. The van der Waals surface area contributed by atoms with Crippen LogP contribution in [0.3, 0.4) is 0 Å². The van der Waals surface area contributed by atoms with Crippen LogP contribution in [0.15, 0.2) is 23.3 Å². The van der Waals surface area contributed by atoms with Crippen molar-refractivity contribution in [3.05, 3.63) is 29.3 Å². The Morgan fingerprint density at radius 3 is 3.00 bits per heavy atom. The molecule has 0 amide bonds. The van der Waals surface area contributed by atoms with Crippen LogP contribution in [0.2, 0.25) is 0 Å². The SMILES string of the molecule is N/N=C(/COc1ccc2c(c1)CNC2)NN. The molecule has 86 valence electrons. The monoisotopic (exact) mass is 221 g/mol. The number of amidine groups is 1. The lowest BCUT2D eigenvalue weighted by molar-refractivity contribution is 0.371. The molecule has 1 aliphatic rings. The molecular formula is C10H15N5O. The lowest BCUT2D eigenvalue weighted by Crippen LogP contribution is -2.35. The van der Waals surface area contributed by atoms with E-state index in [-0.39, 0.29) is 6.61 Å². The first-order valence-electron chi connectivity index (χ1n) is 5.02. The number of hydrazine groups is 1. The largest absolute Gasteiger partial charge is 0.486 e. The number of nitrogens with one attached hydrogen (secondary N) is 2. The van der Waals surface area contributed by atoms with Gasteiger partial charge in [0.1, 0.15) is 12.4 Å². The molecule has 0 unspecified atom stereocenters. The number of fused-ring (bicyclic) bond motifs is 1. The minimum Gasteiger partial charge on any atom is -0.486 e. The highest BCUT2D eigenvalue weighted by Crippen LogP contribution is 2.21. The molecule has 0 spiro atoms. The number of rotatable bonds is 3. The van der Waals surface area contributed by atoms with Gasteiger partial charge in [-0.15, -0.1) is 0 Å². The average Bonchev–Trinajstić information content (AvgIpc) is 2.77. The van der Waals surface area contributed by atoms with E-state index in [1.807, 2.05) is 12.1 Å².